The first-order chi connectivity index (χ1) is 7.56. The van der Waals surface area contributed by atoms with E-state index in [1.165, 1.54) is 19.3 Å². The van der Waals surface area contributed by atoms with Crippen molar-refractivity contribution in [3.8, 4) is 0 Å². The van der Waals surface area contributed by atoms with Crippen molar-refractivity contribution in [1.29, 1.82) is 0 Å². The fraction of sp³-hybridized carbons (Fsp3) is 0.917. The number of nitrogens with one attached hydrogen (secondary N) is 1. The summed E-state index contributed by atoms with van der Waals surface area (Å²) in [5.74, 6) is -0.329. The summed E-state index contributed by atoms with van der Waals surface area (Å²) in [4.78, 5) is 11.2. The second-order valence-corrected chi connectivity index (χ2v) is 4.37. The van der Waals surface area contributed by atoms with Crippen LogP contribution in [0.1, 0.15) is 46.0 Å². The Labute approximate surface area is 98.9 Å². The molecule has 1 unspecified atom stereocenters. The van der Waals surface area contributed by atoms with Crippen LogP contribution in [0.15, 0.2) is 0 Å². The third-order valence-corrected chi connectivity index (χ3v) is 2.98. The van der Waals surface area contributed by atoms with Crippen LogP contribution in [0.5, 0.6) is 0 Å². The maximum Gasteiger partial charge on any atom is 0.237 e. The SMILES string of the molecule is CCCCCCOCCC(C)(NC)C(N)=O. The lowest BCUT2D eigenvalue weighted by atomic mass is 9.98. The normalized spacial score (nSPS) is 14.7. The van der Waals surface area contributed by atoms with E-state index in [0.717, 1.165) is 13.0 Å². The van der Waals surface area contributed by atoms with Crippen molar-refractivity contribution in [3.05, 3.63) is 0 Å². The van der Waals surface area contributed by atoms with E-state index < -0.39 is 5.54 Å². The monoisotopic (exact) mass is 230 g/mol. The molecule has 0 spiro atoms. The van der Waals surface area contributed by atoms with Gasteiger partial charge in [0.2, 0.25) is 5.91 Å². The van der Waals surface area contributed by atoms with Crippen molar-refractivity contribution in [3.63, 3.8) is 0 Å². The van der Waals surface area contributed by atoms with E-state index in [1.807, 2.05) is 0 Å². The molecule has 0 aliphatic heterocycles. The van der Waals surface area contributed by atoms with Crippen molar-refractivity contribution in [2.24, 2.45) is 5.73 Å². The molecule has 0 fully saturated rings. The lowest BCUT2D eigenvalue weighted by molar-refractivity contribution is -0.124. The average molecular weight is 230 g/mol. The number of rotatable bonds is 10. The second-order valence-electron chi connectivity index (χ2n) is 4.37. The zero-order chi connectivity index (χ0) is 12.4. The van der Waals surface area contributed by atoms with Crippen LogP contribution in [-0.2, 0) is 9.53 Å². The Morgan fingerprint density at radius 3 is 2.50 bits per heavy atom. The molecule has 3 N–H and O–H groups in total. The van der Waals surface area contributed by atoms with Crippen LogP contribution in [0.4, 0.5) is 0 Å². The van der Waals surface area contributed by atoms with Crippen LogP contribution in [0.3, 0.4) is 0 Å². The van der Waals surface area contributed by atoms with Crippen LogP contribution < -0.4 is 11.1 Å². The van der Waals surface area contributed by atoms with E-state index in [9.17, 15) is 4.79 Å². The van der Waals surface area contributed by atoms with Crippen molar-refractivity contribution >= 4 is 5.91 Å². The highest BCUT2D eigenvalue weighted by atomic mass is 16.5. The lowest BCUT2D eigenvalue weighted by Gasteiger charge is -2.25. The predicted octanol–water partition coefficient (Wildman–Crippen LogP) is 1.44. The molecule has 1 atom stereocenters. The molecule has 0 aromatic carbocycles. The van der Waals surface area contributed by atoms with E-state index in [-0.39, 0.29) is 5.91 Å². The summed E-state index contributed by atoms with van der Waals surface area (Å²) < 4.78 is 5.48. The Kier molecular flexibility index (Phi) is 8.21. The minimum absolute atomic E-state index is 0.329. The van der Waals surface area contributed by atoms with Gasteiger partial charge in [0.15, 0.2) is 0 Å². The zero-order valence-electron chi connectivity index (χ0n) is 10.8. The molecule has 4 nitrogen and oxygen atoms in total. The molecule has 0 aromatic rings. The molecular weight excluding hydrogens is 204 g/mol. The fourth-order valence-corrected chi connectivity index (χ4v) is 1.38. The Morgan fingerprint density at radius 2 is 2.00 bits per heavy atom. The third kappa shape index (κ3) is 6.08. The summed E-state index contributed by atoms with van der Waals surface area (Å²) in [7, 11) is 1.74. The molecule has 4 heteroatoms. The summed E-state index contributed by atoms with van der Waals surface area (Å²) in [5.41, 5.74) is 4.66. The smallest absolute Gasteiger partial charge is 0.237 e. The number of hydrogen-bond acceptors (Lipinski definition) is 3. The summed E-state index contributed by atoms with van der Waals surface area (Å²) in [6.45, 7) is 5.34. The number of nitrogens with two attached hydrogens (primary N) is 1. The third-order valence-electron chi connectivity index (χ3n) is 2.98. The van der Waals surface area contributed by atoms with Crippen molar-refractivity contribution < 1.29 is 9.53 Å². The predicted molar refractivity (Wildman–Crippen MR) is 66.2 cm³/mol. The standard InChI is InChI=1S/C12H26N2O2/c1-4-5-6-7-9-16-10-8-12(2,14-3)11(13)15/h14H,4-10H2,1-3H3,(H2,13,15). The largest absolute Gasteiger partial charge is 0.381 e. The average Bonchev–Trinajstić information content (AvgIpc) is 2.27. The first-order valence-corrected chi connectivity index (χ1v) is 6.13. The van der Waals surface area contributed by atoms with Gasteiger partial charge in [-0.3, -0.25) is 4.79 Å². The lowest BCUT2D eigenvalue weighted by Crippen LogP contribution is -2.52. The summed E-state index contributed by atoms with van der Waals surface area (Å²) in [5, 5.41) is 2.93. The maximum atomic E-state index is 11.2. The van der Waals surface area contributed by atoms with Crippen molar-refractivity contribution in [2.45, 2.75) is 51.5 Å². The van der Waals surface area contributed by atoms with E-state index in [0.29, 0.717) is 13.0 Å². The number of primary amides is 1. The Morgan fingerprint density at radius 1 is 1.31 bits per heavy atom. The van der Waals surface area contributed by atoms with Gasteiger partial charge in [0.25, 0.3) is 0 Å². The van der Waals surface area contributed by atoms with E-state index >= 15 is 0 Å². The molecule has 0 radical (unpaired) electrons. The van der Waals surface area contributed by atoms with Crippen LogP contribution in [-0.4, -0.2) is 31.7 Å². The summed E-state index contributed by atoms with van der Waals surface area (Å²) >= 11 is 0. The van der Waals surface area contributed by atoms with Crippen LogP contribution in [0.2, 0.25) is 0 Å². The Hall–Kier alpha value is -0.610. The number of likely N-dealkylation sites (N-methyl/N-ethyl adjacent to an activating group) is 1. The van der Waals surface area contributed by atoms with Crippen LogP contribution in [0, 0.1) is 0 Å². The highest BCUT2D eigenvalue weighted by Crippen LogP contribution is 2.08. The quantitative estimate of drug-likeness (QED) is 0.558. The first-order valence-electron chi connectivity index (χ1n) is 6.13. The van der Waals surface area contributed by atoms with E-state index in [2.05, 4.69) is 12.2 Å². The van der Waals surface area contributed by atoms with E-state index in [4.69, 9.17) is 10.5 Å². The number of ether oxygens (including phenoxy) is 1. The summed E-state index contributed by atoms with van der Waals surface area (Å²) in [6, 6.07) is 0. The van der Waals surface area contributed by atoms with Gasteiger partial charge in [-0.15, -0.1) is 0 Å². The molecule has 0 heterocycles. The number of carbonyl (C=O) groups excluding carboxylic acids is 1. The van der Waals surface area contributed by atoms with Gasteiger partial charge in [0.1, 0.15) is 0 Å². The van der Waals surface area contributed by atoms with Gasteiger partial charge >= 0.3 is 0 Å². The van der Waals surface area contributed by atoms with Gasteiger partial charge in [0, 0.05) is 13.2 Å². The molecule has 0 saturated carbocycles. The molecule has 96 valence electrons. The number of unbranched alkanes of at least 4 members (excludes halogenated alkanes) is 3. The highest BCUT2D eigenvalue weighted by Gasteiger charge is 2.28. The minimum atomic E-state index is -0.649. The highest BCUT2D eigenvalue weighted by molar-refractivity contribution is 5.84. The molecule has 0 aliphatic carbocycles. The number of carbonyl (C=O) groups is 1. The minimum Gasteiger partial charge on any atom is -0.381 e. The molecular formula is C12H26N2O2. The van der Waals surface area contributed by atoms with Crippen LogP contribution >= 0.6 is 0 Å². The Bertz CT molecular complexity index is 197. The van der Waals surface area contributed by atoms with Crippen LogP contribution in [0.25, 0.3) is 0 Å². The fourth-order valence-electron chi connectivity index (χ4n) is 1.38. The number of hydrogen-bond donors (Lipinski definition) is 2. The Balaban J connectivity index is 3.53. The van der Waals surface area contributed by atoms with Gasteiger partial charge in [0.05, 0.1) is 5.54 Å². The molecule has 0 saturated heterocycles. The van der Waals surface area contributed by atoms with Crippen molar-refractivity contribution in [2.75, 3.05) is 20.3 Å². The maximum absolute atomic E-state index is 11.2. The molecule has 0 aliphatic rings. The molecule has 1 amide bonds. The van der Waals surface area contributed by atoms with Gasteiger partial charge in [-0.25, -0.2) is 0 Å². The van der Waals surface area contributed by atoms with Gasteiger partial charge in [-0.2, -0.15) is 0 Å². The van der Waals surface area contributed by atoms with Gasteiger partial charge in [-0.1, -0.05) is 26.2 Å². The number of amides is 1. The topological polar surface area (TPSA) is 64.3 Å². The van der Waals surface area contributed by atoms with Gasteiger partial charge < -0.3 is 15.8 Å². The van der Waals surface area contributed by atoms with Gasteiger partial charge in [-0.05, 0) is 26.8 Å². The zero-order valence-corrected chi connectivity index (χ0v) is 10.8. The molecule has 16 heavy (non-hydrogen) atoms. The molecule has 0 rings (SSSR count). The molecule has 0 bridgehead atoms. The van der Waals surface area contributed by atoms with Crippen molar-refractivity contribution in [1.82, 2.24) is 5.32 Å². The first kappa shape index (κ1) is 15.4. The van der Waals surface area contributed by atoms with E-state index in [1.54, 1.807) is 14.0 Å². The second kappa shape index (κ2) is 8.53. The summed E-state index contributed by atoms with van der Waals surface area (Å²) in [6.07, 6.45) is 5.43. The molecule has 0 aromatic heterocycles.